The molecule has 0 spiro atoms. The Bertz CT molecular complexity index is 313. The highest BCUT2D eigenvalue weighted by atomic mass is 16.8. The summed E-state index contributed by atoms with van der Waals surface area (Å²) in [6.07, 6.45) is 2.50. The Morgan fingerprint density at radius 1 is 0.824 bits per heavy atom. The van der Waals surface area contributed by atoms with E-state index in [9.17, 15) is 0 Å². The molecule has 3 fully saturated rings. The lowest BCUT2D eigenvalue weighted by Gasteiger charge is -2.46. The number of fused-ring (bicyclic) bond motifs is 3. The molecule has 2 heterocycles. The highest BCUT2D eigenvalue weighted by Crippen LogP contribution is 2.43. The molecule has 2 saturated heterocycles. The lowest BCUT2D eigenvalue weighted by Crippen LogP contribution is -2.55. The first-order valence-electron chi connectivity index (χ1n) is 6.54. The molecule has 0 aromatic heterocycles. The van der Waals surface area contributed by atoms with Crippen molar-refractivity contribution in [1.29, 1.82) is 0 Å². The Hall–Kier alpha value is -0.160. The molecule has 4 nitrogen and oxygen atoms in total. The zero-order valence-electron chi connectivity index (χ0n) is 11.1. The molecule has 0 aromatic carbocycles. The van der Waals surface area contributed by atoms with Gasteiger partial charge in [0.15, 0.2) is 11.6 Å². The van der Waals surface area contributed by atoms with Crippen molar-refractivity contribution in [3.05, 3.63) is 0 Å². The van der Waals surface area contributed by atoms with Crippen LogP contribution in [0.5, 0.6) is 0 Å². The minimum Gasteiger partial charge on any atom is -0.350 e. The summed E-state index contributed by atoms with van der Waals surface area (Å²) in [5, 5.41) is 0. The van der Waals surface area contributed by atoms with Crippen LogP contribution in [0.2, 0.25) is 0 Å². The van der Waals surface area contributed by atoms with Crippen LogP contribution < -0.4 is 0 Å². The van der Waals surface area contributed by atoms with Crippen molar-refractivity contribution in [2.24, 2.45) is 5.92 Å². The van der Waals surface area contributed by atoms with Gasteiger partial charge in [-0.2, -0.15) is 0 Å². The van der Waals surface area contributed by atoms with E-state index in [1.54, 1.807) is 0 Å². The minimum absolute atomic E-state index is 0.0620. The smallest absolute Gasteiger partial charge is 0.163 e. The quantitative estimate of drug-likeness (QED) is 0.651. The van der Waals surface area contributed by atoms with E-state index < -0.39 is 11.6 Å². The number of ether oxygens (including phenoxy) is 4. The number of rotatable bonds is 0. The average molecular weight is 242 g/mol. The third kappa shape index (κ3) is 2.12. The lowest BCUT2D eigenvalue weighted by molar-refractivity contribution is -0.317. The van der Waals surface area contributed by atoms with E-state index in [0.29, 0.717) is 5.92 Å². The van der Waals surface area contributed by atoms with Gasteiger partial charge in [0.25, 0.3) is 0 Å². The summed E-state index contributed by atoms with van der Waals surface area (Å²) in [5.41, 5.74) is 0. The van der Waals surface area contributed by atoms with Crippen molar-refractivity contribution in [3.63, 3.8) is 0 Å². The molecular weight excluding hydrogens is 220 g/mol. The molecule has 4 atom stereocenters. The topological polar surface area (TPSA) is 36.9 Å². The van der Waals surface area contributed by atoms with Crippen molar-refractivity contribution >= 4 is 0 Å². The van der Waals surface area contributed by atoms with Crippen LogP contribution in [0.4, 0.5) is 0 Å². The fourth-order valence-corrected chi connectivity index (χ4v) is 3.19. The number of hydrogen-bond acceptors (Lipinski definition) is 4. The van der Waals surface area contributed by atoms with E-state index in [4.69, 9.17) is 18.9 Å². The Morgan fingerprint density at radius 2 is 1.53 bits per heavy atom. The molecule has 0 radical (unpaired) electrons. The highest BCUT2D eigenvalue weighted by Gasteiger charge is 2.53. The fourth-order valence-electron chi connectivity index (χ4n) is 3.19. The van der Waals surface area contributed by atoms with Gasteiger partial charge in [0.05, 0.1) is 18.8 Å². The van der Waals surface area contributed by atoms with Crippen LogP contribution in [0.25, 0.3) is 0 Å². The van der Waals surface area contributed by atoms with Crippen molar-refractivity contribution in [3.8, 4) is 0 Å². The van der Waals surface area contributed by atoms with Gasteiger partial charge in [0.2, 0.25) is 0 Å². The van der Waals surface area contributed by atoms with Crippen molar-refractivity contribution in [1.82, 2.24) is 0 Å². The maximum absolute atomic E-state index is 6.06. The predicted octanol–water partition coefficient (Wildman–Crippen LogP) is 2.07. The van der Waals surface area contributed by atoms with E-state index >= 15 is 0 Å². The third-order valence-electron chi connectivity index (χ3n) is 3.90. The first-order valence-corrected chi connectivity index (χ1v) is 6.54. The van der Waals surface area contributed by atoms with Crippen LogP contribution in [-0.4, -0.2) is 36.5 Å². The molecular formula is C13H22O4. The van der Waals surface area contributed by atoms with Gasteiger partial charge in [-0.15, -0.1) is 0 Å². The van der Waals surface area contributed by atoms with E-state index in [1.807, 2.05) is 27.7 Å². The van der Waals surface area contributed by atoms with Crippen LogP contribution in [0, 0.1) is 5.92 Å². The fraction of sp³-hybridized carbons (Fsp3) is 1.00. The monoisotopic (exact) mass is 242 g/mol. The summed E-state index contributed by atoms with van der Waals surface area (Å²) in [6, 6.07) is 0. The van der Waals surface area contributed by atoms with Gasteiger partial charge in [-0.3, -0.25) is 0 Å². The molecule has 1 aliphatic carbocycles. The van der Waals surface area contributed by atoms with E-state index in [2.05, 4.69) is 0 Å². The Balaban J connectivity index is 1.80. The zero-order chi connectivity index (χ0) is 12.3. The second-order valence-corrected chi connectivity index (χ2v) is 6.27. The molecule has 98 valence electrons. The predicted molar refractivity (Wildman–Crippen MR) is 61.5 cm³/mol. The molecule has 2 aliphatic heterocycles. The maximum Gasteiger partial charge on any atom is 0.163 e. The normalized spacial score (nSPS) is 47.3. The van der Waals surface area contributed by atoms with Crippen LogP contribution in [0.15, 0.2) is 0 Å². The molecule has 0 aromatic rings. The van der Waals surface area contributed by atoms with E-state index in [0.717, 1.165) is 19.4 Å². The van der Waals surface area contributed by atoms with Crippen LogP contribution in [0.1, 0.15) is 40.5 Å². The molecule has 1 saturated carbocycles. The van der Waals surface area contributed by atoms with Gasteiger partial charge >= 0.3 is 0 Å². The van der Waals surface area contributed by atoms with Gasteiger partial charge in [0, 0.05) is 5.92 Å². The van der Waals surface area contributed by atoms with E-state index in [-0.39, 0.29) is 18.3 Å². The van der Waals surface area contributed by atoms with Crippen molar-refractivity contribution in [2.75, 3.05) is 6.61 Å². The molecule has 0 N–H and O–H groups in total. The number of hydrogen-bond donors (Lipinski definition) is 0. The summed E-state index contributed by atoms with van der Waals surface area (Å²) >= 11 is 0. The Labute approximate surface area is 103 Å². The van der Waals surface area contributed by atoms with Crippen LogP contribution in [0.3, 0.4) is 0 Å². The van der Waals surface area contributed by atoms with Gasteiger partial charge < -0.3 is 18.9 Å². The maximum atomic E-state index is 6.06. The van der Waals surface area contributed by atoms with Gasteiger partial charge in [0.1, 0.15) is 6.10 Å². The molecule has 0 bridgehead atoms. The molecule has 0 amide bonds. The lowest BCUT2D eigenvalue weighted by atomic mass is 9.82. The first-order chi connectivity index (χ1) is 7.86. The minimum atomic E-state index is -0.501. The highest BCUT2D eigenvalue weighted by molar-refractivity contribution is 4.97. The Morgan fingerprint density at radius 3 is 2.29 bits per heavy atom. The summed E-state index contributed by atoms with van der Waals surface area (Å²) in [5.74, 6) is -0.531. The summed E-state index contributed by atoms with van der Waals surface area (Å²) in [6.45, 7) is 8.65. The third-order valence-corrected chi connectivity index (χ3v) is 3.90. The first kappa shape index (κ1) is 11.9. The Kier molecular flexibility index (Phi) is 2.57. The van der Waals surface area contributed by atoms with Gasteiger partial charge in [-0.1, -0.05) is 0 Å². The summed E-state index contributed by atoms with van der Waals surface area (Å²) in [7, 11) is 0. The SMILES string of the molecule is CC1(C)OC[C@H]2CC[C@@H]3OC(C)(C)O[C@H]3[C@@H]2O1. The van der Waals surface area contributed by atoms with Crippen LogP contribution >= 0.6 is 0 Å². The average Bonchev–Trinajstić information content (AvgIpc) is 2.51. The second kappa shape index (κ2) is 3.67. The standard InChI is InChI=1S/C13H22O4/c1-12(2)14-7-8-5-6-9-11(10(8)16-12)17-13(3,4)15-9/h8-11H,5-7H2,1-4H3/t8-,9+,10-,11-/m1/s1. The molecule has 4 heteroatoms. The molecule has 3 aliphatic rings. The molecule has 0 unspecified atom stereocenters. The summed E-state index contributed by atoms with van der Waals surface area (Å²) < 4.78 is 23.7. The van der Waals surface area contributed by atoms with Crippen LogP contribution in [-0.2, 0) is 18.9 Å². The van der Waals surface area contributed by atoms with Crippen molar-refractivity contribution in [2.45, 2.75) is 70.4 Å². The summed E-state index contributed by atoms with van der Waals surface area (Å²) in [4.78, 5) is 0. The molecule has 17 heavy (non-hydrogen) atoms. The van der Waals surface area contributed by atoms with E-state index in [1.165, 1.54) is 0 Å². The second-order valence-electron chi connectivity index (χ2n) is 6.27. The largest absolute Gasteiger partial charge is 0.350 e. The van der Waals surface area contributed by atoms with Gasteiger partial charge in [-0.25, -0.2) is 0 Å². The van der Waals surface area contributed by atoms with Crippen molar-refractivity contribution < 1.29 is 18.9 Å². The van der Waals surface area contributed by atoms with Gasteiger partial charge in [-0.05, 0) is 40.5 Å². The zero-order valence-corrected chi connectivity index (χ0v) is 11.1. The molecule has 3 rings (SSSR count).